The molecule has 2 aromatic heterocycles. The van der Waals surface area contributed by atoms with Gasteiger partial charge in [-0.3, -0.25) is 9.69 Å². The van der Waals surface area contributed by atoms with Crippen LogP contribution < -0.4 is 15.5 Å². The van der Waals surface area contributed by atoms with Gasteiger partial charge in [-0.15, -0.1) is 0 Å². The van der Waals surface area contributed by atoms with Crippen molar-refractivity contribution in [1.29, 1.82) is 5.26 Å². The maximum absolute atomic E-state index is 12.7. The van der Waals surface area contributed by atoms with Crippen LogP contribution in [0.3, 0.4) is 0 Å². The van der Waals surface area contributed by atoms with E-state index < -0.39 is 0 Å². The average Bonchev–Trinajstić information content (AvgIpc) is 3.59. The number of aromatic amines is 1. The molecule has 8 nitrogen and oxygen atoms in total. The minimum atomic E-state index is -0.120. The first kappa shape index (κ1) is 25.5. The number of nitrogens with one attached hydrogen (secondary N) is 3. The van der Waals surface area contributed by atoms with E-state index in [0.29, 0.717) is 11.3 Å². The lowest BCUT2D eigenvalue weighted by Crippen LogP contribution is -2.46. The molecule has 0 saturated carbocycles. The van der Waals surface area contributed by atoms with E-state index in [1.807, 2.05) is 30.3 Å². The van der Waals surface area contributed by atoms with Crippen LogP contribution in [-0.4, -0.2) is 67.6 Å². The standard InChI is InChI=1S/C31H36N6O2/c32-20-22-4-6-28-27(17-22)23(21-34-28)3-1-2-12-36-13-15-37(16-14-36)26-5-7-29-24(18-26)19-30(39-29)31(38)35-25-8-10-33-11-9-25/h4-7,17-19,21,25,33-34H,1-3,8-16H2,(H,35,38). The number of benzene rings is 2. The van der Waals surface area contributed by atoms with Crippen LogP contribution in [0.2, 0.25) is 0 Å². The molecule has 4 aromatic rings. The van der Waals surface area contributed by atoms with Crippen molar-refractivity contribution in [3.05, 3.63) is 65.5 Å². The van der Waals surface area contributed by atoms with E-state index in [9.17, 15) is 10.1 Å². The number of H-pyrrole nitrogens is 1. The van der Waals surface area contributed by atoms with Gasteiger partial charge in [-0.2, -0.15) is 5.26 Å². The van der Waals surface area contributed by atoms with Crippen molar-refractivity contribution < 1.29 is 9.21 Å². The molecule has 2 saturated heterocycles. The normalized spacial score (nSPS) is 17.1. The Morgan fingerprint density at radius 2 is 1.90 bits per heavy atom. The minimum Gasteiger partial charge on any atom is -0.451 e. The first-order valence-corrected chi connectivity index (χ1v) is 14.2. The van der Waals surface area contributed by atoms with E-state index in [-0.39, 0.29) is 11.9 Å². The highest BCUT2D eigenvalue weighted by molar-refractivity contribution is 5.97. The zero-order valence-electron chi connectivity index (χ0n) is 22.3. The van der Waals surface area contributed by atoms with E-state index in [0.717, 1.165) is 94.4 Å². The van der Waals surface area contributed by atoms with Gasteiger partial charge in [0.2, 0.25) is 0 Å². The number of fused-ring (bicyclic) bond motifs is 2. The van der Waals surface area contributed by atoms with E-state index in [1.54, 1.807) is 0 Å². The molecule has 0 radical (unpaired) electrons. The Kier molecular flexibility index (Phi) is 7.53. The molecule has 3 N–H and O–H groups in total. The summed E-state index contributed by atoms with van der Waals surface area (Å²) in [6, 6.07) is 16.4. The molecule has 2 fully saturated rings. The van der Waals surface area contributed by atoms with Crippen molar-refractivity contribution >= 4 is 33.5 Å². The summed E-state index contributed by atoms with van der Waals surface area (Å²) in [6.07, 6.45) is 7.32. The van der Waals surface area contributed by atoms with E-state index in [2.05, 4.69) is 49.8 Å². The number of hydrogen-bond acceptors (Lipinski definition) is 6. The fourth-order valence-electron chi connectivity index (χ4n) is 5.90. The molecule has 0 bridgehead atoms. The molecular weight excluding hydrogens is 488 g/mol. The number of nitrogens with zero attached hydrogens (tertiary/aromatic N) is 3. The summed E-state index contributed by atoms with van der Waals surface area (Å²) in [6.45, 7) is 7.07. The molecule has 8 heteroatoms. The molecule has 4 heterocycles. The van der Waals surface area contributed by atoms with Crippen LogP contribution in [0.5, 0.6) is 0 Å². The molecule has 0 atom stereocenters. The highest BCUT2D eigenvalue weighted by Gasteiger charge is 2.21. The van der Waals surface area contributed by atoms with Crippen LogP contribution in [0.15, 0.2) is 53.1 Å². The third-order valence-electron chi connectivity index (χ3n) is 8.20. The van der Waals surface area contributed by atoms with Gasteiger partial charge in [0.15, 0.2) is 5.76 Å². The predicted molar refractivity (Wildman–Crippen MR) is 154 cm³/mol. The minimum absolute atomic E-state index is 0.120. The van der Waals surface area contributed by atoms with Gasteiger partial charge in [0.1, 0.15) is 5.58 Å². The van der Waals surface area contributed by atoms with Gasteiger partial charge in [0, 0.05) is 60.4 Å². The smallest absolute Gasteiger partial charge is 0.287 e. The average molecular weight is 525 g/mol. The molecule has 2 aliphatic rings. The Balaban J connectivity index is 0.978. The number of nitriles is 1. The van der Waals surface area contributed by atoms with Crippen LogP contribution >= 0.6 is 0 Å². The molecule has 0 aliphatic carbocycles. The topological polar surface area (TPSA) is 100 Å². The third kappa shape index (κ3) is 5.80. The lowest BCUT2D eigenvalue weighted by Gasteiger charge is -2.36. The number of piperidine rings is 1. The largest absolute Gasteiger partial charge is 0.451 e. The predicted octanol–water partition coefficient (Wildman–Crippen LogP) is 4.41. The third-order valence-corrected chi connectivity index (χ3v) is 8.20. The fourth-order valence-corrected chi connectivity index (χ4v) is 5.90. The summed E-state index contributed by atoms with van der Waals surface area (Å²) in [4.78, 5) is 21.0. The molecule has 1 amide bonds. The fraction of sp³-hybridized carbons (Fsp3) is 0.419. The van der Waals surface area contributed by atoms with Crippen LogP contribution in [0.1, 0.15) is 47.4 Å². The number of piperazine rings is 1. The van der Waals surface area contributed by atoms with Gasteiger partial charge in [-0.25, -0.2) is 0 Å². The SMILES string of the molecule is N#Cc1ccc2[nH]cc(CCCCN3CCN(c4ccc5oc(C(=O)NC6CCNCC6)cc5c4)CC3)c2c1. The molecule has 39 heavy (non-hydrogen) atoms. The van der Waals surface area contributed by atoms with Crippen LogP contribution in [0.25, 0.3) is 21.9 Å². The number of unbranched alkanes of at least 4 members (excludes halogenated alkanes) is 1. The van der Waals surface area contributed by atoms with Crippen molar-refractivity contribution in [2.45, 2.75) is 38.1 Å². The number of carbonyl (C=O) groups excluding carboxylic acids is 1. The number of aryl methyl sites for hydroxylation is 1. The van der Waals surface area contributed by atoms with Crippen LogP contribution in [0.4, 0.5) is 5.69 Å². The molecule has 2 aromatic carbocycles. The Bertz CT molecular complexity index is 1480. The number of amides is 1. The zero-order chi connectivity index (χ0) is 26.6. The maximum atomic E-state index is 12.7. The number of furan rings is 1. The summed E-state index contributed by atoms with van der Waals surface area (Å²) < 4.78 is 5.88. The number of rotatable bonds is 8. The highest BCUT2D eigenvalue weighted by Crippen LogP contribution is 2.27. The number of anilines is 1. The van der Waals surface area contributed by atoms with Gasteiger partial charge in [-0.1, -0.05) is 0 Å². The van der Waals surface area contributed by atoms with E-state index in [4.69, 9.17) is 4.42 Å². The molecule has 6 rings (SSSR count). The van der Waals surface area contributed by atoms with Gasteiger partial charge < -0.3 is 24.9 Å². The maximum Gasteiger partial charge on any atom is 0.287 e. The number of aromatic nitrogens is 1. The summed E-state index contributed by atoms with van der Waals surface area (Å²) >= 11 is 0. The summed E-state index contributed by atoms with van der Waals surface area (Å²) in [5.41, 5.74) is 5.06. The lowest BCUT2D eigenvalue weighted by molar-refractivity contribution is 0.0903. The van der Waals surface area contributed by atoms with E-state index >= 15 is 0 Å². The van der Waals surface area contributed by atoms with Crippen molar-refractivity contribution in [3.8, 4) is 6.07 Å². The lowest BCUT2D eigenvalue weighted by atomic mass is 10.1. The Hall–Kier alpha value is -3.80. The molecule has 2 aliphatic heterocycles. The molecule has 0 spiro atoms. The van der Waals surface area contributed by atoms with Gasteiger partial charge in [0.25, 0.3) is 5.91 Å². The molecule has 202 valence electrons. The summed E-state index contributed by atoms with van der Waals surface area (Å²) in [5, 5.41) is 17.8. The molecule has 0 unspecified atom stereocenters. The van der Waals surface area contributed by atoms with Gasteiger partial charge >= 0.3 is 0 Å². The van der Waals surface area contributed by atoms with Crippen LogP contribution in [-0.2, 0) is 6.42 Å². The Morgan fingerprint density at radius 1 is 1.05 bits per heavy atom. The highest BCUT2D eigenvalue weighted by atomic mass is 16.3. The van der Waals surface area contributed by atoms with E-state index in [1.165, 1.54) is 16.6 Å². The van der Waals surface area contributed by atoms with Crippen molar-refractivity contribution in [1.82, 2.24) is 20.5 Å². The van der Waals surface area contributed by atoms with Crippen molar-refractivity contribution in [2.24, 2.45) is 0 Å². The molecular formula is C31H36N6O2. The summed E-state index contributed by atoms with van der Waals surface area (Å²) in [7, 11) is 0. The summed E-state index contributed by atoms with van der Waals surface area (Å²) in [5.74, 6) is 0.272. The van der Waals surface area contributed by atoms with Crippen molar-refractivity contribution in [3.63, 3.8) is 0 Å². The van der Waals surface area contributed by atoms with Crippen molar-refractivity contribution in [2.75, 3.05) is 50.7 Å². The quantitative estimate of drug-likeness (QED) is 0.295. The Labute approximate surface area is 228 Å². The monoisotopic (exact) mass is 524 g/mol. The zero-order valence-corrected chi connectivity index (χ0v) is 22.3. The second-order valence-corrected chi connectivity index (χ2v) is 10.8. The Morgan fingerprint density at radius 3 is 2.72 bits per heavy atom. The first-order valence-electron chi connectivity index (χ1n) is 14.2. The number of hydrogen-bond donors (Lipinski definition) is 3. The first-order chi connectivity index (χ1) is 19.2. The van der Waals surface area contributed by atoms with Crippen LogP contribution in [0, 0.1) is 11.3 Å². The second-order valence-electron chi connectivity index (χ2n) is 10.8. The van der Waals surface area contributed by atoms with Gasteiger partial charge in [0.05, 0.1) is 11.6 Å². The number of carbonyl (C=O) groups is 1. The van der Waals surface area contributed by atoms with Gasteiger partial charge in [-0.05, 0) is 99.8 Å². The second kappa shape index (κ2) is 11.5.